The molecule has 2 nitrogen and oxygen atoms in total. The quantitative estimate of drug-likeness (QED) is 0.224. The molecule has 3 aliphatic rings. The number of benzene rings is 4. The maximum absolute atomic E-state index is 5.19. The van der Waals surface area contributed by atoms with Gasteiger partial charge in [-0.25, -0.2) is 0 Å². The standard InChI is InChI=1S/C37H30N2S/c1-3-11-25(12-4-1)29-15-9-17-31-32-18-10-16-30(36(32)40-35(29)31)26-21-23-27(24-22-26)37-38-33-19-7-8-20-34(33)39(37)28-13-5-2-6-14-28/h2,5-11,13-18,20-24,33H,1,3-4,12,19H2/t33-/m1/s1. The van der Waals surface area contributed by atoms with E-state index in [2.05, 4.69) is 120 Å². The van der Waals surface area contributed by atoms with Crippen molar-refractivity contribution in [2.75, 3.05) is 4.90 Å². The Balaban J connectivity index is 1.20. The van der Waals surface area contributed by atoms with E-state index < -0.39 is 0 Å². The van der Waals surface area contributed by atoms with E-state index in [0.717, 1.165) is 23.5 Å². The van der Waals surface area contributed by atoms with Crippen molar-refractivity contribution in [2.24, 2.45) is 4.99 Å². The topological polar surface area (TPSA) is 15.6 Å². The summed E-state index contributed by atoms with van der Waals surface area (Å²) in [5, 5.41) is 2.74. The van der Waals surface area contributed by atoms with E-state index in [1.54, 1.807) is 0 Å². The van der Waals surface area contributed by atoms with Gasteiger partial charge in [-0.1, -0.05) is 97.1 Å². The minimum atomic E-state index is 0.181. The molecule has 0 radical (unpaired) electrons. The Morgan fingerprint density at radius 1 is 0.725 bits per heavy atom. The average molecular weight is 535 g/mol. The molecule has 0 saturated carbocycles. The number of aliphatic imine (C=N–C) groups is 1. The summed E-state index contributed by atoms with van der Waals surface area (Å²) in [6.45, 7) is 0. The fourth-order valence-corrected chi connectivity index (χ4v) is 7.89. The molecule has 1 aromatic heterocycles. The molecule has 0 fully saturated rings. The zero-order chi connectivity index (χ0) is 26.5. The van der Waals surface area contributed by atoms with Crippen LogP contribution in [0.4, 0.5) is 5.69 Å². The Bertz CT molecular complexity index is 1870. The summed E-state index contributed by atoms with van der Waals surface area (Å²) in [5.41, 5.74) is 9.09. The summed E-state index contributed by atoms with van der Waals surface area (Å²) >= 11 is 1.96. The molecule has 8 rings (SSSR count). The highest BCUT2D eigenvalue weighted by molar-refractivity contribution is 7.26. The first kappa shape index (κ1) is 23.7. The zero-order valence-corrected chi connectivity index (χ0v) is 23.2. The molecule has 2 heterocycles. The van der Waals surface area contributed by atoms with Crippen LogP contribution in [0.3, 0.4) is 0 Å². The Hall–Kier alpha value is -4.21. The minimum Gasteiger partial charge on any atom is -0.296 e. The second-order valence-corrected chi connectivity index (χ2v) is 11.9. The lowest BCUT2D eigenvalue weighted by molar-refractivity contribution is 0.742. The number of nitrogens with zero attached hydrogens (tertiary/aromatic N) is 2. The van der Waals surface area contributed by atoms with Crippen molar-refractivity contribution in [2.45, 2.75) is 38.1 Å². The smallest absolute Gasteiger partial charge is 0.140 e. The van der Waals surface area contributed by atoms with Crippen molar-refractivity contribution < 1.29 is 0 Å². The van der Waals surface area contributed by atoms with Gasteiger partial charge in [-0.15, -0.1) is 11.3 Å². The number of hydrogen-bond acceptors (Lipinski definition) is 3. The van der Waals surface area contributed by atoms with Crippen molar-refractivity contribution >= 4 is 48.6 Å². The van der Waals surface area contributed by atoms with Crippen LogP contribution in [0.15, 0.2) is 126 Å². The van der Waals surface area contributed by atoms with Crippen LogP contribution in [-0.4, -0.2) is 11.9 Å². The van der Waals surface area contributed by atoms with Crippen LogP contribution >= 0.6 is 11.3 Å². The lowest BCUT2D eigenvalue weighted by Gasteiger charge is -2.25. The fourth-order valence-electron chi connectivity index (χ4n) is 6.51. The van der Waals surface area contributed by atoms with Crippen LogP contribution in [0.25, 0.3) is 36.9 Å². The van der Waals surface area contributed by atoms with Crippen LogP contribution < -0.4 is 4.90 Å². The summed E-state index contributed by atoms with van der Waals surface area (Å²) in [4.78, 5) is 7.52. The first-order valence-electron chi connectivity index (χ1n) is 14.4. The Morgan fingerprint density at radius 3 is 2.25 bits per heavy atom. The molecule has 1 aliphatic heterocycles. The van der Waals surface area contributed by atoms with Gasteiger partial charge in [0, 0.05) is 37.1 Å². The van der Waals surface area contributed by atoms with Crippen molar-refractivity contribution in [3.63, 3.8) is 0 Å². The van der Waals surface area contributed by atoms with Crippen LogP contribution in [0.2, 0.25) is 0 Å². The third kappa shape index (κ3) is 3.88. The van der Waals surface area contributed by atoms with Gasteiger partial charge in [0.05, 0.1) is 6.04 Å². The molecule has 3 heteroatoms. The predicted octanol–water partition coefficient (Wildman–Crippen LogP) is 10.2. The molecule has 5 aromatic rings. The molecular formula is C37H30N2S. The number of para-hydroxylation sites is 1. The van der Waals surface area contributed by atoms with E-state index >= 15 is 0 Å². The maximum Gasteiger partial charge on any atom is 0.140 e. The highest BCUT2D eigenvalue weighted by Crippen LogP contribution is 2.44. The third-order valence-corrected chi connectivity index (χ3v) is 9.77. The molecule has 0 unspecified atom stereocenters. The van der Waals surface area contributed by atoms with E-state index in [-0.39, 0.29) is 6.04 Å². The zero-order valence-electron chi connectivity index (χ0n) is 22.4. The lowest BCUT2D eigenvalue weighted by atomic mass is 9.92. The molecular weight excluding hydrogens is 504 g/mol. The second-order valence-electron chi connectivity index (χ2n) is 10.9. The molecule has 0 bridgehead atoms. The van der Waals surface area contributed by atoms with Gasteiger partial charge in [0.15, 0.2) is 0 Å². The SMILES string of the molecule is C1=CC[C@H]2N=C(c3ccc(-c4cccc5c4sc4c(C6=CCCCC6)cccc45)cc3)N(c3ccccc3)C2=C1. The van der Waals surface area contributed by atoms with E-state index in [1.807, 2.05) is 11.3 Å². The molecule has 0 spiro atoms. The highest BCUT2D eigenvalue weighted by atomic mass is 32.1. The van der Waals surface area contributed by atoms with Gasteiger partial charge < -0.3 is 0 Å². The molecule has 1 atom stereocenters. The van der Waals surface area contributed by atoms with Gasteiger partial charge in [-0.2, -0.15) is 0 Å². The van der Waals surface area contributed by atoms with Crippen molar-refractivity contribution in [3.05, 3.63) is 132 Å². The van der Waals surface area contributed by atoms with Crippen LogP contribution in [0.1, 0.15) is 43.2 Å². The van der Waals surface area contributed by atoms with Gasteiger partial charge in [0.25, 0.3) is 0 Å². The van der Waals surface area contributed by atoms with Crippen LogP contribution in [-0.2, 0) is 0 Å². The largest absolute Gasteiger partial charge is 0.296 e. The van der Waals surface area contributed by atoms with Crippen molar-refractivity contribution in [1.29, 1.82) is 0 Å². The minimum absolute atomic E-state index is 0.181. The Labute approximate surface area is 239 Å². The van der Waals surface area contributed by atoms with E-state index in [1.165, 1.54) is 73.8 Å². The Kier molecular flexibility index (Phi) is 5.77. The van der Waals surface area contributed by atoms with Crippen molar-refractivity contribution in [3.8, 4) is 11.1 Å². The van der Waals surface area contributed by atoms with Crippen LogP contribution in [0.5, 0.6) is 0 Å². The number of anilines is 1. The average Bonchev–Trinajstić information content (AvgIpc) is 3.61. The highest BCUT2D eigenvalue weighted by Gasteiger charge is 2.32. The van der Waals surface area contributed by atoms with E-state index in [9.17, 15) is 0 Å². The number of allylic oxidation sites excluding steroid dienone is 4. The van der Waals surface area contributed by atoms with Gasteiger partial charge in [0.2, 0.25) is 0 Å². The maximum atomic E-state index is 5.19. The monoisotopic (exact) mass is 534 g/mol. The Morgan fingerprint density at radius 2 is 1.48 bits per heavy atom. The molecule has 0 N–H and O–H groups in total. The summed E-state index contributed by atoms with van der Waals surface area (Å²) in [7, 11) is 0. The number of fused-ring (bicyclic) bond motifs is 4. The molecule has 194 valence electrons. The summed E-state index contributed by atoms with van der Waals surface area (Å²) in [6, 6.07) is 33.5. The number of rotatable bonds is 4. The van der Waals surface area contributed by atoms with Gasteiger partial charge >= 0.3 is 0 Å². The van der Waals surface area contributed by atoms with E-state index in [0.29, 0.717) is 0 Å². The molecule has 2 aliphatic carbocycles. The lowest BCUT2D eigenvalue weighted by Crippen LogP contribution is -2.28. The molecule has 0 amide bonds. The normalized spacial score (nSPS) is 18.6. The molecule has 40 heavy (non-hydrogen) atoms. The molecule has 0 saturated heterocycles. The first-order chi connectivity index (χ1) is 19.8. The van der Waals surface area contributed by atoms with Crippen LogP contribution in [0, 0.1) is 0 Å². The summed E-state index contributed by atoms with van der Waals surface area (Å²) < 4.78 is 2.80. The second kappa shape index (κ2) is 9.76. The van der Waals surface area contributed by atoms with E-state index in [4.69, 9.17) is 4.99 Å². The number of amidine groups is 1. The first-order valence-corrected chi connectivity index (χ1v) is 15.2. The van der Waals surface area contributed by atoms with Crippen molar-refractivity contribution in [1.82, 2.24) is 0 Å². The summed E-state index contributed by atoms with van der Waals surface area (Å²) in [6.07, 6.45) is 15.0. The number of hydrogen-bond donors (Lipinski definition) is 0. The van der Waals surface area contributed by atoms with Gasteiger partial charge in [-0.05, 0) is 72.6 Å². The summed E-state index contributed by atoms with van der Waals surface area (Å²) in [5.74, 6) is 1.03. The predicted molar refractivity (Wildman–Crippen MR) is 172 cm³/mol. The van der Waals surface area contributed by atoms with Gasteiger partial charge in [-0.3, -0.25) is 9.89 Å². The molecule has 4 aromatic carbocycles. The van der Waals surface area contributed by atoms with Gasteiger partial charge in [0.1, 0.15) is 5.84 Å². The number of thiophene rings is 1. The fraction of sp³-hybridized carbons (Fsp3) is 0.162. The third-order valence-electron chi connectivity index (χ3n) is 8.48.